The first kappa shape index (κ1) is 11.9. The minimum atomic E-state index is -0.966. The lowest BCUT2D eigenvalue weighted by atomic mass is 10.1. The summed E-state index contributed by atoms with van der Waals surface area (Å²) in [6, 6.07) is 12.1. The van der Waals surface area contributed by atoms with Crippen molar-refractivity contribution in [2.45, 2.75) is 0 Å². The van der Waals surface area contributed by atoms with Crippen molar-refractivity contribution in [2.75, 3.05) is 0 Å². The smallest absolute Gasteiger partial charge is 0.335 e. The lowest BCUT2D eigenvalue weighted by Crippen LogP contribution is -1.96. The zero-order valence-electron chi connectivity index (χ0n) is 9.62. The molecule has 0 aliphatic carbocycles. The summed E-state index contributed by atoms with van der Waals surface area (Å²) in [5, 5.41) is 13.3. The van der Waals surface area contributed by atoms with E-state index in [1.165, 1.54) is 6.07 Å². The summed E-state index contributed by atoms with van der Waals surface area (Å²) in [5.74, 6) is -0.471. The second kappa shape index (κ2) is 4.47. The minimum absolute atomic E-state index is 0.218. The van der Waals surface area contributed by atoms with Crippen LogP contribution in [0.1, 0.15) is 10.4 Å². The number of carboxylic acid groups (broad SMARTS) is 1. The van der Waals surface area contributed by atoms with Crippen LogP contribution in [0.4, 0.5) is 0 Å². The molecule has 3 rings (SSSR count). The van der Waals surface area contributed by atoms with E-state index < -0.39 is 5.97 Å². The monoisotopic (exact) mass is 317 g/mol. The highest BCUT2D eigenvalue weighted by atomic mass is 79.9. The maximum atomic E-state index is 11.0. The number of hydrogen-bond donors (Lipinski definition) is 1. The van der Waals surface area contributed by atoms with E-state index >= 15 is 0 Å². The van der Waals surface area contributed by atoms with E-state index in [-0.39, 0.29) is 5.56 Å². The minimum Gasteiger partial charge on any atom is -0.478 e. The van der Waals surface area contributed by atoms with E-state index in [9.17, 15) is 4.79 Å². The van der Waals surface area contributed by atoms with E-state index in [4.69, 9.17) is 5.11 Å². The third kappa shape index (κ3) is 2.10. The number of nitrogens with zero attached hydrogens (tertiary/aromatic N) is 3. The number of aromatic carboxylic acids is 1. The Labute approximate surface area is 116 Å². The Morgan fingerprint density at radius 1 is 1.21 bits per heavy atom. The van der Waals surface area contributed by atoms with Gasteiger partial charge in [0.15, 0.2) is 11.5 Å². The van der Waals surface area contributed by atoms with Crippen LogP contribution in [0.3, 0.4) is 0 Å². The van der Waals surface area contributed by atoms with E-state index in [0.29, 0.717) is 17.0 Å². The predicted molar refractivity (Wildman–Crippen MR) is 73.1 cm³/mol. The van der Waals surface area contributed by atoms with Crippen molar-refractivity contribution < 1.29 is 9.90 Å². The molecule has 0 aliphatic rings. The van der Waals surface area contributed by atoms with Gasteiger partial charge >= 0.3 is 5.97 Å². The Hall–Kier alpha value is -2.21. The molecule has 6 heteroatoms. The summed E-state index contributed by atoms with van der Waals surface area (Å²) < 4.78 is 2.45. The van der Waals surface area contributed by atoms with E-state index in [2.05, 4.69) is 26.0 Å². The number of benzene rings is 1. The molecule has 2 aromatic heterocycles. The lowest BCUT2D eigenvalue weighted by molar-refractivity contribution is 0.0697. The molecule has 0 bridgehead atoms. The van der Waals surface area contributed by atoms with Gasteiger partial charge in [0.25, 0.3) is 0 Å². The number of pyridine rings is 1. The lowest BCUT2D eigenvalue weighted by Gasteiger charge is -1.97. The molecule has 19 heavy (non-hydrogen) atoms. The molecule has 94 valence electrons. The fraction of sp³-hybridized carbons (Fsp3) is 0. The molecule has 0 saturated carbocycles. The first-order valence-electron chi connectivity index (χ1n) is 5.50. The Morgan fingerprint density at radius 3 is 2.74 bits per heavy atom. The Kier molecular flexibility index (Phi) is 2.79. The molecule has 0 aliphatic heterocycles. The number of aromatic nitrogens is 3. The Bertz CT molecular complexity index is 782. The molecule has 2 heterocycles. The zero-order chi connectivity index (χ0) is 13.4. The maximum absolute atomic E-state index is 11.0. The SMILES string of the molecule is O=C(O)c1cccc(-c2nc3cccc(Br)n3n2)c1. The van der Waals surface area contributed by atoms with Crippen LogP contribution in [0.25, 0.3) is 17.0 Å². The third-order valence-electron chi connectivity index (χ3n) is 2.68. The fourth-order valence-electron chi connectivity index (χ4n) is 1.79. The average molecular weight is 318 g/mol. The van der Waals surface area contributed by atoms with Gasteiger partial charge in [-0.2, -0.15) is 0 Å². The Morgan fingerprint density at radius 2 is 2.00 bits per heavy atom. The van der Waals surface area contributed by atoms with Crippen LogP contribution in [0.15, 0.2) is 47.1 Å². The second-order valence-electron chi connectivity index (χ2n) is 3.94. The van der Waals surface area contributed by atoms with E-state index in [0.717, 1.165) is 4.60 Å². The van der Waals surface area contributed by atoms with Crippen molar-refractivity contribution in [1.82, 2.24) is 14.6 Å². The van der Waals surface area contributed by atoms with Crippen molar-refractivity contribution in [3.63, 3.8) is 0 Å². The van der Waals surface area contributed by atoms with Crippen LogP contribution >= 0.6 is 15.9 Å². The van der Waals surface area contributed by atoms with Crippen molar-refractivity contribution in [3.05, 3.63) is 52.6 Å². The van der Waals surface area contributed by atoms with Gasteiger partial charge in [0.1, 0.15) is 4.60 Å². The van der Waals surface area contributed by atoms with Gasteiger partial charge in [0.05, 0.1) is 5.56 Å². The third-order valence-corrected chi connectivity index (χ3v) is 3.28. The van der Waals surface area contributed by atoms with Gasteiger partial charge in [0.2, 0.25) is 0 Å². The quantitative estimate of drug-likeness (QED) is 0.738. The van der Waals surface area contributed by atoms with E-state index in [1.807, 2.05) is 18.2 Å². The summed E-state index contributed by atoms with van der Waals surface area (Å²) >= 11 is 3.39. The molecule has 0 unspecified atom stereocenters. The van der Waals surface area contributed by atoms with Crippen LogP contribution in [-0.4, -0.2) is 25.7 Å². The molecule has 0 amide bonds. The van der Waals surface area contributed by atoms with Gasteiger partial charge in [-0.3, -0.25) is 0 Å². The average Bonchev–Trinajstić information content (AvgIpc) is 2.84. The fourth-order valence-corrected chi connectivity index (χ4v) is 2.20. The van der Waals surface area contributed by atoms with Crippen LogP contribution in [0.5, 0.6) is 0 Å². The predicted octanol–water partition coefficient (Wildman–Crippen LogP) is 2.86. The molecule has 5 nitrogen and oxygen atoms in total. The maximum Gasteiger partial charge on any atom is 0.335 e. The molecule has 0 radical (unpaired) electrons. The number of halogens is 1. The van der Waals surface area contributed by atoms with Gasteiger partial charge in [-0.25, -0.2) is 14.3 Å². The molecule has 1 aromatic carbocycles. The Balaban J connectivity index is 2.16. The van der Waals surface area contributed by atoms with Crippen LogP contribution < -0.4 is 0 Å². The van der Waals surface area contributed by atoms with Crippen molar-refractivity contribution >= 4 is 27.5 Å². The largest absolute Gasteiger partial charge is 0.478 e. The first-order valence-corrected chi connectivity index (χ1v) is 6.29. The van der Waals surface area contributed by atoms with E-state index in [1.54, 1.807) is 22.7 Å². The van der Waals surface area contributed by atoms with Crippen molar-refractivity contribution in [3.8, 4) is 11.4 Å². The molecule has 0 atom stereocenters. The van der Waals surface area contributed by atoms with Gasteiger partial charge in [-0.05, 0) is 40.2 Å². The standard InChI is InChI=1S/C13H8BrN3O2/c14-10-5-2-6-11-15-12(16-17(10)11)8-3-1-4-9(7-8)13(18)19/h1-7H,(H,18,19). The summed E-state index contributed by atoms with van der Waals surface area (Å²) in [6.45, 7) is 0. The second-order valence-corrected chi connectivity index (χ2v) is 4.75. The summed E-state index contributed by atoms with van der Waals surface area (Å²) in [7, 11) is 0. The first-order chi connectivity index (χ1) is 9.15. The van der Waals surface area contributed by atoms with Crippen LogP contribution in [0.2, 0.25) is 0 Å². The summed E-state index contributed by atoms with van der Waals surface area (Å²) in [4.78, 5) is 15.3. The van der Waals surface area contributed by atoms with Gasteiger partial charge in [-0.15, -0.1) is 5.10 Å². The number of fused-ring (bicyclic) bond motifs is 1. The number of carbonyl (C=O) groups is 1. The van der Waals surface area contributed by atoms with Crippen LogP contribution in [0, 0.1) is 0 Å². The summed E-state index contributed by atoms with van der Waals surface area (Å²) in [6.07, 6.45) is 0. The van der Waals surface area contributed by atoms with Crippen LogP contribution in [-0.2, 0) is 0 Å². The van der Waals surface area contributed by atoms with Gasteiger partial charge in [0, 0.05) is 5.56 Å². The van der Waals surface area contributed by atoms with Crippen molar-refractivity contribution in [2.24, 2.45) is 0 Å². The molecular formula is C13H8BrN3O2. The molecule has 1 N–H and O–H groups in total. The molecule has 0 spiro atoms. The van der Waals surface area contributed by atoms with Gasteiger partial charge in [-0.1, -0.05) is 18.2 Å². The molecule has 0 saturated heterocycles. The van der Waals surface area contributed by atoms with Gasteiger partial charge < -0.3 is 5.11 Å². The topological polar surface area (TPSA) is 67.5 Å². The highest BCUT2D eigenvalue weighted by Gasteiger charge is 2.10. The number of carboxylic acids is 1. The van der Waals surface area contributed by atoms with Crippen molar-refractivity contribution in [1.29, 1.82) is 0 Å². The molecular weight excluding hydrogens is 310 g/mol. The normalized spacial score (nSPS) is 10.8. The highest BCUT2D eigenvalue weighted by Crippen LogP contribution is 2.20. The number of hydrogen-bond acceptors (Lipinski definition) is 3. The number of rotatable bonds is 2. The summed E-state index contributed by atoms with van der Waals surface area (Å²) in [5.41, 5.74) is 1.59. The molecule has 0 fully saturated rings. The highest BCUT2D eigenvalue weighted by molar-refractivity contribution is 9.10. The molecule has 3 aromatic rings. The zero-order valence-corrected chi connectivity index (χ0v) is 11.2.